The fraction of sp³-hybridized carbons (Fsp3) is 0. The minimum absolute atomic E-state index is 1.17. The van der Waals surface area contributed by atoms with Gasteiger partial charge in [-0.3, -0.25) is 0 Å². The summed E-state index contributed by atoms with van der Waals surface area (Å²) < 4.78 is 4.78. The van der Waals surface area contributed by atoms with Crippen LogP contribution in [0.5, 0.6) is 0 Å². The molecule has 0 aliphatic rings. The van der Waals surface area contributed by atoms with E-state index in [1.54, 1.807) is 0 Å². The van der Waals surface area contributed by atoms with Crippen molar-refractivity contribution in [2.24, 2.45) is 0 Å². The van der Waals surface area contributed by atoms with Crippen LogP contribution in [0.1, 0.15) is 0 Å². The van der Waals surface area contributed by atoms with Gasteiger partial charge in [0.15, 0.2) is 0 Å². The first-order valence-corrected chi connectivity index (χ1v) is 15.1. The molecule has 0 radical (unpaired) electrons. The number of fused-ring (bicyclic) bond motifs is 6. The van der Waals surface area contributed by atoms with Crippen LogP contribution in [0.2, 0.25) is 0 Å². The van der Waals surface area contributed by atoms with Gasteiger partial charge in [-0.1, -0.05) is 109 Å². The quantitative estimate of drug-likeness (QED) is 0.203. The van der Waals surface area contributed by atoms with E-state index in [9.17, 15) is 0 Å². The molecular weight excluding hydrogens is 532 g/mol. The second-order valence-electron chi connectivity index (χ2n) is 11.4. The number of hydrogen-bond donors (Lipinski definition) is 0. The van der Waals surface area contributed by atoms with Gasteiger partial charge >= 0.3 is 0 Å². The van der Waals surface area contributed by atoms with Crippen LogP contribution in [0.15, 0.2) is 170 Å². The van der Waals surface area contributed by atoms with Crippen molar-refractivity contribution in [1.29, 1.82) is 0 Å². The molecule has 0 fully saturated rings. The Morgan fingerprint density at radius 1 is 0.273 bits per heavy atom. The summed E-state index contributed by atoms with van der Waals surface area (Å²) in [5.74, 6) is 0. The molecule has 0 aliphatic carbocycles. The summed E-state index contributed by atoms with van der Waals surface area (Å²) in [6, 6.07) is 61.5. The summed E-state index contributed by atoms with van der Waals surface area (Å²) in [7, 11) is 0. The molecule has 2 nitrogen and oxygen atoms in total. The van der Waals surface area contributed by atoms with E-state index in [1.165, 1.54) is 77.2 Å². The van der Waals surface area contributed by atoms with Crippen LogP contribution in [-0.4, -0.2) is 9.13 Å². The van der Waals surface area contributed by atoms with Crippen molar-refractivity contribution in [1.82, 2.24) is 9.13 Å². The van der Waals surface area contributed by atoms with Crippen molar-refractivity contribution in [3.63, 3.8) is 0 Å². The fourth-order valence-electron chi connectivity index (χ4n) is 6.96. The topological polar surface area (TPSA) is 9.86 Å². The molecule has 0 aliphatic heterocycles. The van der Waals surface area contributed by atoms with E-state index in [4.69, 9.17) is 0 Å². The lowest BCUT2D eigenvalue weighted by molar-refractivity contribution is 1.18. The third-order valence-electron chi connectivity index (χ3n) is 8.91. The highest BCUT2D eigenvalue weighted by atomic mass is 15.0. The van der Waals surface area contributed by atoms with Crippen LogP contribution in [0.3, 0.4) is 0 Å². The smallest absolute Gasteiger partial charge is 0.0547 e. The number of rotatable bonds is 4. The van der Waals surface area contributed by atoms with Crippen molar-refractivity contribution in [2.75, 3.05) is 0 Å². The maximum absolute atomic E-state index is 2.41. The molecule has 0 saturated heterocycles. The van der Waals surface area contributed by atoms with Crippen LogP contribution >= 0.6 is 0 Å². The number of benzene rings is 7. The summed E-state index contributed by atoms with van der Waals surface area (Å²) in [6.45, 7) is 0. The average Bonchev–Trinajstić information content (AvgIpc) is 3.61. The molecule has 2 heterocycles. The first-order chi connectivity index (χ1) is 21.8. The molecule has 2 heteroatoms. The Kier molecular flexibility index (Phi) is 5.54. The molecule has 0 spiro atoms. The Bertz CT molecular complexity index is 2470. The van der Waals surface area contributed by atoms with Gasteiger partial charge in [0, 0.05) is 32.9 Å². The second-order valence-corrected chi connectivity index (χ2v) is 11.4. The van der Waals surface area contributed by atoms with Crippen LogP contribution in [-0.2, 0) is 0 Å². The van der Waals surface area contributed by atoms with Crippen LogP contribution in [0.25, 0.3) is 77.2 Å². The van der Waals surface area contributed by atoms with Gasteiger partial charge in [0.1, 0.15) is 0 Å². The first kappa shape index (κ1) is 24.7. The Morgan fingerprint density at radius 2 is 0.727 bits per heavy atom. The molecule has 9 rings (SSSR count). The fourth-order valence-corrected chi connectivity index (χ4v) is 6.96. The van der Waals surface area contributed by atoms with Gasteiger partial charge in [-0.25, -0.2) is 0 Å². The lowest BCUT2D eigenvalue weighted by atomic mass is 9.92. The molecule has 44 heavy (non-hydrogen) atoms. The predicted molar refractivity (Wildman–Crippen MR) is 186 cm³/mol. The molecule has 0 N–H and O–H groups in total. The van der Waals surface area contributed by atoms with E-state index in [0.29, 0.717) is 0 Å². The minimum atomic E-state index is 1.17. The Hall–Kier alpha value is -5.86. The van der Waals surface area contributed by atoms with Gasteiger partial charge in [-0.2, -0.15) is 0 Å². The van der Waals surface area contributed by atoms with Crippen LogP contribution in [0, 0.1) is 0 Å². The molecular formula is C42H28N2. The highest BCUT2D eigenvalue weighted by Gasteiger charge is 2.19. The summed E-state index contributed by atoms with van der Waals surface area (Å²) in [6.07, 6.45) is 0. The molecule has 0 amide bonds. The van der Waals surface area contributed by atoms with Crippen molar-refractivity contribution >= 4 is 43.6 Å². The Morgan fingerprint density at radius 3 is 1.34 bits per heavy atom. The van der Waals surface area contributed by atoms with Gasteiger partial charge in [0.05, 0.1) is 22.1 Å². The monoisotopic (exact) mass is 560 g/mol. The number of hydrogen-bond acceptors (Lipinski definition) is 0. The largest absolute Gasteiger partial charge is 0.309 e. The zero-order valence-corrected chi connectivity index (χ0v) is 24.1. The minimum Gasteiger partial charge on any atom is -0.309 e. The van der Waals surface area contributed by atoms with Crippen LogP contribution in [0.4, 0.5) is 0 Å². The molecule has 206 valence electrons. The van der Waals surface area contributed by atoms with Gasteiger partial charge in [-0.05, 0) is 82.9 Å². The Labute approximate surface area is 255 Å². The van der Waals surface area contributed by atoms with E-state index < -0.39 is 0 Å². The highest BCUT2D eigenvalue weighted by Crippen LogP contribution is 2.42. The van der Waals surface area contributed by atoms with Gasteiger partial charge in [-0.15, -0.1) is 0 Å². The van der Waals surface area contributed by atoms with E-state index in [2.05, 4.69) is 179 Å². The zero-order chi connectivity index (χ0) is 29.0. The third-order valence-corrected chi connectivity index (χ3v) is 8.91. The molecule has 0 atom stereocenters. The van der Waals surface area contributed by atoms with Gasteiger partial charge < -0.3 is 9.13 Å². The van der Waals surface area contributed by atoms with Crippen molar-refractivity contribution in [3.05, 3.63) is 170 Å². The molecule has 0 saturated carbocycles. The predicted octanol–water partition coefficient (Wildman–Crippen LogP) is 11.2. The lowest BCUT2D eigenvalue weighted by Crippen LogP contribution is -1.94. The first-order valence-electron chi connectivity index (χ1n) is 15.1. The summed E-state index contributed by atoms with van der Waals surface area (Å²) in [5, 5.41) is 5.03. The van der Waals surface area contributed by atoms with E-state index in [-0.39, 0.29) is 0 Å². The maximum atomic E-state index is 2.41. The molecule has 0 bridgehead atoms. The van der Waals surface area contributed by atoms with E-state index in [0.717, 1.165) is 0 Å². The zero-order valence-electron chi connectivity index (χ0n) is 24.1. The Balaban J connectivity index is 1.38. The average molecular weight is 561 g/mol. The number of para-hydroxylation sites is 4. The molecule has 0 unspecified atom stereocenters. The molecule has 2 aromatic heterocycles. The van der Waals surface area contributed by atoms with Crippen molar-refractivity contribution in [2.45, 2.75) is 0 Å². The summed E-state index contributed by atoms with van der Waals surface area (Å²) >= 11 is 0. The highest BCUT2D eigenvalue weighted by molar-refractivity contribution is 6.14. The van der Waals surface area contributed by atoms with Crippen molar-refractivity contribution in [3.8, 4) is 33.6 Å². The normalized spacial score (nSPS) is 11.6. The summed E-state index contributed by atoms with van der Waals surface area (Å²) in [4.78, 5) is 0. The SMILES string of the molecule is c1ccc(-c2cc3c4ccccc4n(-c4ccccc4)c3cc2-c2ccc3c(c2)c2ccccc2n3-c2ccccc2)cc1. The molecule has 9 aromatic rings. The third kappa shape index (κ3) is 3.75. The molecule has 7 aromatic carbocycles. The number of aromatic nitrogens is 2. The van der Waals surface area contributed by atoms with Crippen LogP contribution < -0.4 is 0 Å². The van der Waals surface area contributed by atoms with Gasteiger partial charge in [0.25, 0.3) is 0 Å². The van der Waals surface area contributed by atoms with E-state index in [1.807, 2.05) is 0 Å². The number of nitrogens with zero attached hydrogens (tertiary/aromatic N) is 2. The second kappa shape index (κ2) is 9.86. The van der Waals surface area contributed by atoms with Crippen molar-refractivity contribution < 1.29 is 0 Å². The maximum Gasteiger partial charge on any atom is 0.0547 e. The summed E-state index contributed by atoms with van der Waals surface area (Å²) in [5.41, 5.74) is 12.1. The standard InChI is InChI=1S/C42H28N2/c1-4-14-29(15-5-1)35-27-38-34-21-11-13-23-40(34)44(32-18-8-3-9-19-32)42(38)28-36(35)30-24-25-41-37(26-30)33-20-10-12-22-39(33)43(41)31-16-6-2-7-17-31/h1-28H. The lowest BCUT2D eigenvalue weighted by Gasteiger charge is -2.14. The van der Waals surface area contributed by atoms with E-state index >= 15 is 0 Å². The van der Waals surface area contributed by atoms with Gasteiger partial charge in [0.2, 0.25) is 0 Å².